The van der Waals surface area contributed by atoms with Crippen LogP contribution in [-0.4, -0.2) is 27.1 Å². The molecule has 1 aliphatic heterocycles. The maximum atomic E-state index is 4.31. The lowest BCUT2D eigenvalue weighted by Crippen LogP contribution is -2.14. The molecule has 0 saturated carbocycles. The molecule has 0 N–H and O–H groups in total. The molecule has 1 aromatic carbocycles. The summed E-state index contributed by atoms with van der Waals surface area (Å²) in [4.78, 5) is 2.21. The summed E-state index contributed by atoms with van der Waals surface area (Å²) in [5.74, 6) is 1.80. The van der Waals surface area contributed by atoms with Gasteiger partial charge in [0, 0.05) is 24.5 Å². The third-order valence-corrected chi connectivity index (χ3v) is 4.12. The highest BCUT2D eigenvalue weighted by Crippen LogP contribution is 2.31. The molecule has 0 bridgehead atoms. The average molecular weight is 272 g/mol. The highest BCUT2D eigenvalue weighted by molar-refractivity contribution is 7.99. The Balaban J connectivity index is 1.88. The topological polar surface area (TPSA) is 34.0 Å². The second kappa shape index (κ2) is 5.09. The molecule has 98 valence electrons. The molecule has 0 unspecified atom stereocenters. The van der Waals surface area contributed by atoms with Gasteiger partial charge in [0.1, 0.15) is 0 Å². The standard InChI is InChI=1S/C14H16N4S/c1-3-10-19-14-16-15-13-17(8-9-18(13)14)12-6-4-11(2)5-7-12/h3-7H,1,8-10H2,2H3. The van der Waals surface area contributed by atoms with E-state index >= 15 is 0 Å². The summed E-state index contributed by atoms with van der Waals surface area (Å²) in [6.45, 7) is 7.73. The molecule has 0 aliphatic carbocycles. The fourth-order valence-electron chi connectivity index (χ4n) is 2.19. The number of benzene rings is 1. The number of aromatic nitrogens is 3. The molecule has 3 rings (SSSR count). The van der Waals surface area contributed by atoms with Crippen molar-refractivity contribution in [3.63, 3.8) is 0 Å². The van der Waals surface area contributed by atoms with E-state index in [0.717, 1.165) is 29.9 Å². The van der Waals surface area contributed by atoms with Crippen LogP contribution < -0.4 is 4.90 Å². The lowest BCUT2D eigenvalue weighted by atomic mass is 10.2. The monoisotopic (exact) mass is 272 g/mol. The SMILES string of the molecule is C=CCSc1nnc2n1CCN2c1ccc(C)cc1. The molecule has 0 atom stereocenters. The van der Waals surface area contributed by atoms with Crippen molar-refractivity contribution in [3.8, 4) is 0 Å². The first-order chi connectivity index (χ1) is 9.29. The van der Waals surface area contributed by atoms with Crippen LogP contribution in [0.4, 0.5) is 11.6 Å². The van der Waals surface area contributed by atoms with E-state index in [0.29, 0.717) is 0 Å². The number of thioether (sulfide) groups is 1. The van der Waals surface area contributed by atoms with Crippen LogP contribution >= 0.6 is 11.8 Å². The molecule has 1 aromatic heterocycles. The normalized spacial score (nSPS) is 13.6. The van der Waals surface area contributed by atoms with E-state index in [2.05, 4.69) is 57.4 Å². The molecule has 4 nitrogen and oxygen atoms in total. The van der Waals surface area contributed by atoms with Crippen molar-refractivity contribution >= 4 is 23.4 Å². The summed E-state index contributed by atoms with van der Waals surface area (Å²) in [5.41, 5.74) is 2.45. The van der Waals surface area contributed by atoms with Gasteiger partial charge in [-0.2, -0.15) is 0 Å². The van der Waals surface area contributed by atoms with Crippen molar-refractivity contribution in [1.82, 2.24) is 14.8 Å². The minimum absolute atomic E-state index is 0.864. The van der Waals surface area contributed by atoms with Gasteiger partial charge in [-0.15, -0.1) is 16.8 Å². The maximum Gasteiger partial charge on any atom is 0.232 e. The molecule has 1 aliphatic rings. The van der Waals surface area contributed by atoms with Gasteiger partial charge in [-0.05, 0) is 19.1 Å². The zero-order chi connectivity index (χ0) is 13.2. The van der Waals surface area contributed by atoms with Crippen LogP contribution in [0.3, 0.4) is 0 Å². The molecule has 2 heterocycles. The van der Waals surface area contributed by atoms with Gasteiger partial charge in [0.05, 0.1) is 0 Å². The van der Waals surface area contributed by atoms with Crippen LogP contribution in [-0.2, 0) is 6.54 Å². The Labute approximate surface area is 117 Å². The molecule has 0 spiro atoms. The smallest absolute Gasteiger partial charge is 0.232 e. The Morgan fingerprint density at radius 3 is 2.79 bits per heavy atom. The predicted octanol–water partition coefficient (Wildman–Crippen LogP) is 3.02. The van der Waals surface area contributed by atoms with Crippen molar-refractivity contribution in [1.29, 1.82) is 0 Å². The zero-order valence-corrected chi connectivity index (χ0v) is 11.7. The molecule has 0 saturated heterocycles. The average Bonchev–Trinajstić information content (AvgIpc) is 2.99. The van der Waals surface area contributed by atoms with E-state index < -0.39 is 0 Å². The van der Waals surface area contributed by atoms with E-state index in [9.17, 15) is 0 Å². The van der Waals surface area contributed by atoms with Crippen LogP contribution in [0.15, 0.2) is 42.1 Å². The first-order valence-corrected chi connectivity index (χ1v) is 7.29. The minimum Gasteiger partial charge on any atom is -0.309 e. The fourth-order valence-corrected chi connectivity index (χ4v) is 2.88. The van der Waals surface area contributed by atoms with Gasteiger partial charge in [0.2, 0.25) is 5.95 Å². The van der Waals surface area contributed by atoms with Gasteiger partial charge >= 0.3 is 0 Å². The molecular weight excluding hydrogens is 256 g/mol. The summed E-state index contributed by atoms with van der Waals surface area (Å²) < 4.78 is 2.17. The highest BCUT2D eigenvalue weighted by atomic mass is 32.2. The zero-order valence-electron chi connectivity index (χ0n) is 10.9. The largest absolute Gasteiger partial charge is 0.309 e. The quantitative estimate of drug-likeness (QED) is 0.633. The van der Waals surface area contributed by atoms with Crippen molar-refractivity contribution in [2.75, 3.05) is 17.2 Å². The van der Waals surface area contributed by atoms with Crippen molar-refractivity contribution in [3.05, 3.63) is 42.5 Å². The van der Waals surface area contributed by atoms with Crippen LogP contribution in [0.5, 0.6) is 0 Å². The number of rotatable bonds is 4. The number of nitrogens with zero attached hydrogens (tertiary/aromatic N) is 4. The lowest BCUT2D eigenvalue weighted by molar-refractivity contribution is 0.704. The first-order valence-electron chi connectivity index (χ1n) is 6.30. The van der Waals surface area contributed by atoms with Crippen molar-refractivity contribution < 1.29 is 0 Å². The second-order valence-corrected chi connectivity index (χ2v) is 5.51. The molecule has 19 heavy (non-hydrogen) atoms. The van der Waals surface area contributed by atoms with E-state index in [1.807, 2.05) is 6.08 Å². The molecule has 0 fully saturated rings. The van der Waals surface area contributed by atoms with Gasteiger partial charge in [0.15, 0.2) is 5.16 Å². The minimum atomic E-state index is 0.864. The van der Waals surface area contributed by atoms with Gasteiger partial charge in [0.25, 0.3) is 0 Å². The first kappa shape index (κ1) is 12.3. The van der Waals surface area contributed by atoms with E-state index in [-0.39, 0.29) is 0 Å². The maximum absolute atomic E-state index is 4.31. The summed E-state index contributed by atoms with van der Waals surface area (Å²) in [6.07, 6.45) is 1.89. The summed E-state index contributed by atoms with van der Waals surface area (Å²) in [6, 6.07) is 8.52. The van der Waals surface area contributed by atoms with Crippen LogP contribution in [0, 0.1) is 6.92 Å². The van der Waals surface area contributed by atoms with Crippen molar-refractivity contribution in [2.45, 2.75) is 18.6 Å². The van der Waals surface area contributed by atoms with Gasteiger partial charge in [-0.1, -0.05) is 35.5 Å². The van der Waals surface area contributed by atoms with Gasteiger partial charge in [-0.3, -0.25) is 4.57 Å². The Bertz CT molecular complexity index is 588. The number of anilines is 2. The Morgan fingerprint density at radius 1 is 1.26 bits per heavy atom. The highest BCUT2D eigenvalue weighted by Gasteiger charge is 2.25. The Morgan fingerprint density at radius 2 is 2.05 bits per heavy atom. The van der Waals surface area contributed by atoms with Crippen molar-refractivity contribution in [2.24, 2.45) is 0 Å². The Kier molecular flexibility index (Phi) is 3.29. The number of aryl methyl sites for hydroxylation is 1. The van der Waals surface area contributed by atoms with Gasteiger partial charge < -0.3 is 4.90 Å². The predicted molar refractivity (Wildman–Crippen MR) is 79.1 cm³/mol. The molecule has 0 amide bonds. The second-order valence-electron chi connectivity index (χ2n) is 4.52. The van der Waals surface area contributed by atoms with Gasteiger partial charge in [-0.25, -0.2) is 0 Å². The van der Waals surface area contributed by atoms with E-state index in [1.54, 1.807) is 11.8 Å². The molecule has 5 heteroatoms. The molecular formula is C14H16N4S. The molecule has 0 radical (unpaired) electrons. The number of hydrogen-bond donors (Lipinski definition) is 0. The van der Waals surface area contributed by atoms with Crippen LogP contribution in [0.25, 0.3) is 0 Å². The lowest BCUT2D eigenvalue weighted by Gasteiger charge is -2.15. The van der Waals surface area contributed by atoms with Crippen LogP contribution in [0.2, 0.25) is 0 Å². The molecule has 2 aromatic rings. The summed E-state index contributed by atoms with van der Waals surface area (Å²) >= 11 is 1.68. The third kappa shape index (κ3) is 2.26. The summed E-state index contributed by atoms with van der Waals surface area (Å²) in [5, 5.41) is 9.55. The number of fused-ring (bicyclic) bond motifs is 1. The third-order valence-electron chi connectivity index (χ3n) is 3.16. The Hall–Kier alpha value is -1.75. The fraction of sp³-hybridized carbons (Fsp3) is 0.286. The van der Waals surface area contributed by atoms with E-state index in [1.165, 1.54) is 11.3 Å². The number of hydrogen-bond acceptors (Lipinski definition) is 4. The van der Waals surface area contributed by atoms with Crippen LogP contribution in [0.1, 0.15) is 5.56 Å². The summed E-state index contributed by atoms with van der Waals surface area (Å²) in [7, 11) is 0. The van der Waals surface area contributed by atoms with E-state index in [4.69, 9.17) is 0 Å².